The molecule has 27 heavy (non-hydrogen) atoms. The van der Waals surface area contributed by atoms with Crippen molar-refractivity contribution in [1.82, 2.24) is 9.80 Å². The molecule has 0 N–H and O–H groups in total. The number of ether oxygens (including phenoxy) is 2. The fraction of sp³-hybridized carbons (Fsp3) is 0.739. The van der Waals surface area contributed by atoms with Gasteiger partial charge in [-0.15, -0.1) is 0 Å². The van der Waals surface area contributed by atoms with Gasteiger partial charge < -0.3 is 14.4 Å². The Morgan fingerprint density at radius 3 is 2.52 bits per heavy atom. The number of likely N-dealkylation sites (tertiary alicyclic amines) is 2. The van der Waals surface area contributed by atoms with Gasteiger partial charge in [0.2, 0.25) is 0 Å². The van der Waals surface area contributed by atoms with Crippen molar-refractivity contribution in [1.29, 1.82) is 0 Å². The molecule has 4 rings (SSSR count). The Morgan fingerprint density at radius 1 is 1.07 bits per heavy atom. The van der Waals surface area contributed by atoms with Crippen LogP contribution in [-0.4, -0.2) is 69.5 Å². The maximum Gasteiger partial charge on any atom is 0.0508 e. The van der Waals surface area contributed by atoms with Gasteiger partial charge in [0.15, 0.2) is 0 Å². The molecule has 150 valence electrons. The Kier molecular flexibility index (Phi) is 6.49. The largest absolute Gasteiger partial charge is 0.384 e. The van der Waals surface area contributed by atoms with Crippen molar-refractivity contribution < 1.29 is 9.47 Å². The molecule has 3 saturated heterocycles. The highest BCUT2D eigenvalue weighted by atomic mass is 16.5. The zero-order valence-corrected chi connectivity index (χ0v) is 16.9. The van der Waals surface area contributed by atoms with E-state index in [1.54, 1.807) is 0 Å². The van der Waals surface area contributed by atoms with Gasteiger partial charge in [-0.25, -0.2) is 0 Å². The topological polar surface area (TPSA) is 24.9 Å². The minimum Gasteiger partial charge on any atom is -0.384 e. The third kappa shape index (κ3) is 4.73. The Morgan fingerprint density at radius 2 is 1.81 bits per heavy atom. The van der Waals surface area contributed by atoms with Crippen molar-refractivity contribution in [3.05, 3.63) is 35.9 Å². The monoisotopic (exact) mass is 372 g/mol. The molecule has 1 aromatic rings. The van der Waals surface area contributed by atoms with Crippen LogP contribution in [0.1, 0.15) is 31.2 Å². The van der Waals surface area contributed by atoms with E-state index in [1.807, 2.05) is 7.11 Å². The number of rotatable bonds is 6. The van der Waals surface area contributed by atoms with Gasteiger partial charge in [0.25, 0.3) is 0 Å². The third-order valence-corrected chi connectivity index (χ3v) is 7.21. The summed E-state index contributed by atoms with van der Waals surface area (Å²) < 4.78 is 11.2. The van der Waals surface area contributed by atoms with Gasteiger partial charge in [-0.05, 0) is 55.7 Å². The quantitative estimate of drug-likeness (QED) is 0.765. The lowest BCUT2D eigenvalue weighted by Gasteiger charge is -2.42. The van der Waals surface area contributed by atoms with E-state index in [0.717, 1.165) is 32.3 Å². The molecule has 3 aliphatic rings. The van der Waals surface area contributed by atoms with Crippen LogP contribution >= 0.6 is 0 Å². The molecule has 3 heterocycles. The summed E-state index contributed by atoms with van der Waals surface area (Å²) >= 11 is 0. The van der Waals surface area contributed by atoms with Gasteiger partial charge in [0, 0.05) is 52.4 Å². The van der Waals surface area contributed by atoms with Crippen LogP contribution in [0.15, 0.2) is 30.3 Å². The van der Waals surface area contributed by atoms with Crippen LogP contribution in [0.2, 0.25) is 0 Å². The molecule has 0 saturated carbocycles. The molecule has 1 spiro atoms. The lowest BCUT2D eigenvalue weighted by Crippen LogP contribution is -2.45. The van der Waals surface area contributed by atoms with Crippen molar-refractivity contribution in [2.75, 3.05) is 59.7 Å². The highest BCUT2D eigenvalue weighted by Gasteiger charge is 2.47. The average Bonchev–Trinajstić information content (AvgIpc) is 3.02. The Hall–Kier alpha value is -0.940. The van der Waals surface area contributed by atoms with E-state index in [1.165, 1.54) is 64.0 Å². The minimum absolute atomic E-state index is 0.467. The van der Waals surface area contributed by atoms with Crippen LogP contribution in [0.5, 0.6) is 0 Å². The van der Waals surface area contributed by atoms with Crippen LogP contribution in [0.4, 0.5) is 0 Å². The van der Waals surface area contributed by atoms with E-state index in [-0.39, 0.29) is 0 Å². The molecule has 3 aliphatic heterocycles. The van der Waals surface area contributed by atoms with Gasteiger partial charge in [-0.1, -0.05) is 30.3 Å². The van der Waals surface area contributed by atoms with Crippen molar-refractivity contribution in [2.45, 2.75) is 32.2 Å². The average molecular weight is 373 g/mol. The van der Waals surface area contributed by atoms with Crippen molar-refractivity contribution >= 4 is 0 Å². The highest BCUT2D eigenvalue weighted by molar-refractivity contribution is 5.14. The van der Waals surface area contributed by atoms with E-state index in [2.05, 4.69) is 40.1 Å². The van der Waals surface area contributed by atoms with E-state index in [9.17, 15) is 0 Å². The first kappa shape index (κ1) is 19.4. The number of nitrogens with zero attached hydrogens (tertiary/aromatic N) is 2. The Balaban J connectivity index is 1.34. The number of methoxy groups -OCH3 is 1. The molecule has 0 aromatic heterocycles. The molecular formula is C23H36N2O2. The third-order valence-electron chi connectivity index (χ3n) is 7.21. The van der Waals surface area contributed by atoms with Gasteiger partial charge >= 0.3 is 0 Å². The molecule has 0 aliphatic carbocycles. The summed E-state index contributed by atoms with van der Waals surface area (Å²) in [6, 6.07) is 10.9. The highest BCUT2D eigenvalue weighted by Crippen LogP contribution is 2.45. The van der Waals surface area contributed by atoms with Crippen LogP contribution in [0, 0.1) is 17.3 Å². The molecule has 4 heteroatoms. The molecule has 4 nitrogen and oxygen atoms in total. The molecule has 3 fully saturated rings. The zero-order chi connectivity index (χ0) is 18.5. The summed E-state index contributed by atoms with van der Waals surface area (Å²) in [5, 5.41) is 0. The first-order chi connectivity index (χ1) is 13.3. The minimum atomic E-state index is 0.467. The van der Waals surface area contributed by atoms with Crippen LogP contribution in [0.25, 0.3) is 0 Å². The molecule has 0 radical (unpaired) electrons. The lowest BCUT2D eigenvalue weighted by molar-refractivity contribution is 0.0336. The Labute approximate surface area is 164 Å². The number of benzene rings is 1. The molecule has 0 amide bonds. The summed E-state index contributed by atoms with van der Waals surface area (Å²) in [5.74, 6) is 1.52. The zero-order valence-electron chi connectivity index (χ0n) is 16.9. The van der Waals surface area contributed by atoms with E-state index in [0.29, 0.717) is 11.3 Å². The predicted molar refractivity (Wildman–Crippen MR) is 109 cm³/mol. The Bertz CT molecular complexity index is 565. The van der Waals surface area contributed by atoms with Crippen LogP contribution in [0.3, 0.4) is 0 Å². The van der Waals surface area contributed by atoms with E-state index < -0.39 is 0 Å². The maximum absolute atomic E-state index is 5.65. The molecule has 1 aromatic carbocycles. The molecule has 0 bridgehead atoms. The second kappa shape index (κ2) is 9.04. The van der Waals surface area contributed by atoms with Gasteiger partial charge in [-0.2, -0.15) is 0 Å². The van der Waals surface area contributed by atoms with Crippen LogP contribution < -0.4 is 0 Å². The lowest BCUT2D eigenvalue weighted by atomic mass is 9.71. The standard InChI is InChI=1S/C23H36N2O2/c1-26-18-22-17-25(16-21-7-13-27-14-8-21)19-23(22)9-11-24(12-10-23)15-20-5-3-2-4-6-20/h2-6,21-22H,7-19H2,1H3/t22-/m1/s1. The second-order valence-corrected chi connectivity index (χ2v) is 9.03. The number of hydrogen-bond donors (Lipinski definition) is 0. The number of hydrogen-bond acceptors (Lipinski definition) is 4. The summed E-state index contributed by atoms with van der Waals surface area (Å²) in [6.07, 6.45) is 5.11. The van der Waals surface area contributed by atoms with Crippen molar-refractivity contribution in [3.8, 4) is 0 Å². The van der Waals surface area contributed by atoms with Crippen molar-refractivity contribution in [3.63, 3.8) is 0 Å². The summed E-state index contributed by atoms with van der Waals surface area (Å²) in [6.45, 7) is 10.1. The first-order valence-electron chi connectivity index (χ1n) is 10.8. The second-order valence-electron chi connectivity index (χ2n) is 9.03. The fourth-order valence-corrected chi connectivity index (χ4v) is 5.57. The van der Waals surface area contributed by atoms with E-state index >= 15 is 0 Å². The predicted octanol–water partition coefficient (Wildman–Crippen LogP) is 3.27. The summed E-state index contributed by atoms with van der Waals surface area (Å²) in [5.41, 5.74) is 1.91. The molecule has 1 atom stereocenters. The smallest absolute Gasteiger partial charge is 0.0508 e. The summed E-state index contributed by atoms with van der Waals surface area (Å²) in [7, 11) is 1.87. The molecular weight excluding hydrogens is 336 g/mol. The normalized spacial score (nSPS) is 27.4. The van der Waals surface area contributed by atoms with Gasteiger partial charge in [-0.3, -0.25) is 4.90 Å². The van der Waals surface area contributed by atoms with E-state index in [4.69, 9.17) is 9.47 Å². The SMILES string of the molecule is COC[C@H]1CN(CC2CCOCC2)CC12CCN(Cc1ccccc1)CC2. The summed E-state index contributed by atoms with van der Waals surface area (Å²) in [4.78, 5) is 5.40. The van der Waals surface area contributed by atoms with Gasteiger partial charge in [0.05, 0.1) is 6.61 Å². The maximum atomic E-state index is 5.65. The van der Waals surface area contributed by atoms with Crippen molar-refractivity contribution in [2.24, 2.45) is 17.3 Å². The molecule has 0 unspecified atom stereocenters. The first-order valence-corrected chi connectivity index (χ1v) is 10.8. The van der Waals surface area contributed by atoms with Gasteiger partial charge in [0.1, 0.15) is 0 Å². The number of piperidine rings is 1. The fourth-order valence-electron chi connectivity index (χ4n) is 5.57. The van der Waals surface area contributed by atoms with Crippen LogP contribution in [-0.2, 0) is 16.0 Å².